The molecule has 0 bridgehead atoms. The van der Waals surface area contributed by atoms with E-state index in [2.05, 4.69) is 38.1 Å². The van der Waals surface area contributed by atoms with Gasteiger partial charge in [0.05, 0.1) is 5.60 Å². The van der Waals surface area contributed by atoms with Crippen molar-refractivity contribution in [3.63, 3.8) is 0 Å². The first-order valence-corrected chi connectivity index (χ1v) is 5.90. The molecule has 0 atom stereocenters. The molecule has 1 fully saturated rings. The zero-order valence-electron chi connectivity index (χ0n) is 9.66. The second-order valence-corrected chi connectivity index (χ2v) is 5.12. The normalized spacial score (nSPS) is 18.1. The van der Waals surface area contributed by atoms with E-state index in [9.17, 15) is 5.11 Å². The molecule has 0 amide bonds. The molecule has 0 saturated heterocycles. The van der Waals surface area contributed by atoms with Crippen molar-refractivity contribution in [2.24, 2.45) is 0 Å². The third-order valence-electron chi connectivity index (χ3n) is 3.35. The second-order valence-electron chi connectivity index (χ2n) is 5.12. The van der Waals surface area contributed by atoms with E-state index in [0.717, 1.165) is 25.7 Å². The minimum atomic E-state index is -0.309. The van der Waals surface area contributed by atoms with Crippen LogP contribution in [0.4, 0.5) is 0 Å². The van der Waals surface area contributed by atoms with Gasteiger partial charge in [-0.3, -0.25) is 0 Å². The van der Waals surface area contributed by atoms with E-state index in [1.807, 2.05) is 0 Å². The van der Waals surface area contributed by atoms with Crippen LogP contribution >= 0.6 is 0 Å². The van der Waals surface area contributed by atoms with Crippen molar-refractivity contribution in [2.45, 2.75) is 51.0 Å². The SMILES string of the molecule is CC(C)c1ccc(CCC2(O)CC2)cc1. The summed E-state index contributed by atoms with van der Waals surface area (Å²) in [6.07, 6.45) is 3.93. The summed E-state index contributed by atoms with van der Waals surface area (Å²) >= 11 is 0. The molecule has 1 heteroatoms. The second kappa shape index (κ2) is 3.97. The van der Waals surface area contributed by atoms with Gasteiger partial charge >= 0.3 is 0 Å². The predicted octanol–water partition coefficient (Wildman–Crippen LogP) is 3.27. The van der Waals surface area contributed by atoms with Crippen LogP contribution in [-0.2, 0) is 6.42 Å². The van der Waals surface area contributed by atoms with Gasteiger partial charge < -0.3 is 5.11 Å². The molecule has 1 aromatic carbocycles. The van der Waals surface area contributed by atoms with Crippen molar-refractivity contribution in [2.75, 3.05) is 0 Å². The minimum Gasteiger partial charge on any atom is -0.390 e. The van der Waals surface area contributed by atoms with Gasteiger partial charge in [0.15, 0.2) is 0 Å². The standard InChI is InChI=1S/C14H20O/c1-11(2)13-5-3-12(4-6-13)7-8-14(15)9-10-14/h3-6,11,15H,7-10H2,1-2H3. The molecule has 1 saturated carbocycles. The van der Waals surface area contributed by atoms with E-state index in [1.165, 1.54) is 11.1 Å². The highest BCUT2D eigenvalue weighted by molar-refractivity contribution is 5.25. The van der Waals surface area contributed by atoms with Gasteiger partial charge in [0.1, 0.15) is 0 Å². The molecular formula is C14H20O. The van der Waals surface area contributed by atoms with E-state index in [0.29, 0.717) is 5.92 Å². The fourth-order valence-electron chi connectivity index (χ4n) is 1.84. The molecule has 2 rings (SSSR count). The molecule has 15 heavy (non-hydrogen) atoms. The Morgan fingerprint density at radius 3 is 2.27 bits per heavy atom. The van der Waals surface area contributed by atoms with Crippen LogP contribution < -0.4 is 0 Å². The molecule has 0 aliphatic heterocycles. The molecule has 0 radical (unpaired) electrons. The van der Waals surface area contributed by atoms with Gasteiger partial charge in [-0.15, -0.1) is 0 Å². The Morgan fingerprint density at radius 2 is 1.80 bits per heavy atom. The first kappa shape index (κ1) is 10.7. The molecule has 0 unspecified atom stereocenters. The third-order valence-corrected chi connectivity index (χ3v) is 3.35. The Morgan fingerprint density at radius 1 is 1.20 bits per heavy atom. The summed E-state index contributed by atoms with van der Waals surface area (Å²) in [6, 6.07) is 8.80. The first-order chi connectivity index (χ1) is 7.09. The van der Waals surface area contributed by atoms with Crippen LogP contribution in [0.1, 0.15) is 50.2 Å². The average Bonchev–Trinajstić information content (AvgIpc) is 2.95. The van der Waals surface area contributed by atoms with Gasteiger partial charge in [-0.05, 0) is 42.7 Å². The first-order valence-electron chi connectivity index (χ1n) is 5.90. The smallest absolute Gasteiger partial charge is 0.0653 e. The fraction of sp³-hybridized carbons (Fsp3) is 0.571. The number of aryl methyl sites for hydroxylation is 1. The van der Waals surface area contributed by atoms with Gasteiger partial charge in [-0.2, -0.15) is 0 Å². The molecule has 1 aliphatic rings. The highest BCUT2D eigenvalue weighted by atomic mass is 16.3. The maximum Gasteiger partial charge on any atom is 0.0653 e. The minimum absolute atomic E-state index is 0.309. The lowest BCUT2D eigenvalue weighted by molar-refractivity contribution is 0.140. The summed E-state index contributed by atoms with van der Waals surface area (Å²) in [4.78, 5) is 0. The summed E-state index contributed by atoms with van der Waals surface area (Å²) in [7, 11) is 0. The van der Waals surface area contributed by atoms with Gasteiger partial charge in [0.25, 0.3) is 0 Å². The average molecular weight is 204 g/mol. The van der Waals surface area contributed by atoms with Crippen molar-refractivity contribution in [1.82, 2.24) is 0 Å². The molecule has 0 spiro atoms. The molecule has 1 aliphatic carbocycles. The summed E-state index contributed by atoms with van der Waals surface area (Å²) in [5, 5.41) is 9.73. The Labute approximate surface area is 92.1 Å². The predicted molar refractivity (Wildman–Crippen MR) is 63.0 cm³/mol. The third kappa shape index (κ3) is 2.82. The van der Waals surface area contributed by atoms with Crippen LogP contribution in [0.25, 0.3) is 0 Å². The Balaban J connectivity index is 1.92. The van der Waals surface area contributed by atoms with Crippen molar-refractivity contribution >= 4 is 0 Å². The quantitative estimate of drug-likeness (QED) is 0.798. The highest BCUT2D eigenvalue weighted by Crippen LogP contribution is 2.39. The lowest BCUT2D eigenvalue weighted by Gasteiger charge is -2.09. The number of hydrogen-bond donors (Lipinski definition) is 1. The topological polar surface area (TPSA) is 20.2 Å². The van der Waals surface area contributed by atoms with Crippen LogP contribution in [0, 0.1) is 0 Å². The van der Waals surface area contributed by atoms with Gasteiger partial charge in [0.2, 0.25) is 0 Å². The molecule has 0 aromatic heterocycles. The van der Waals surface area contributed by atoms with Crippen LogP contribution in [0.3, 0.4) is 0 Å². The van der Waals surface area contributed by atoms with E-state index in [-0.39, 0.29) is 5.60 Å². The van der Waals surface area contributed by atoms with E-state index >= 15 is 0 Å². The summed E-state index contributed by atoms with van der Waals surface area (Å²) in [6.45, 7) is 4.42. The molecule has 1 aromatic rings. The highest BCUT2D eigenvalue weighted by Gasteiger charge is 2.39. The molecule has 0 heterocycles. The van der Waals surface area contributed by atoms with Crippen LogP contribution in [0.2, 0.25) is 0 Å². The zero-order valence-corrected chi connectivity index (χ0v) is 9.66. The van der Waals surface area contributed by atoms with Crippen molar-refractivity contribution in [3.8, 4) is 0 Å². The lowest BCUT2D eigenvalue weighted by Crippen LogP contribution is -2.07. The molecule has 1 nitrogen and oxygen atoms in total. The number of aliphatic hydroxyl groups is 1. The van der Waals surface area contributed by atoms with Crippen LogP contribution in [0.5, 0.6) is 0 Å². The van der Waals surface area contributed by atoms with Gasteiger partial charge in [0, 0.05) is 0 Å². The number of hydrogen-bond acceptors (Lipinski definition) is 1. The van der Waals surface area contributed by atoms with Crippen molar-refractivity contribution in [3.05, 3.63) is 35.4 Å². The van der Waals surface area contributed by atoms with E-state index < -0.39 is 0 Å². The Kier molecular flexibility index (Phi) is 2.83. The zero-order chi connectivity index (χ0) is 10.9. The fourth-order valence-corrected chi connectivity index (χ4v) is 1.84. The maximum absolute atomic E-state index is 9.73. The van der Waals surface area contributed by atoms with E-state index in [4.69, 9.17) is 0 Å². The van der Waals surface area contributed by atoms with Gasteiger partial charge in [-0.1, -0.05) is 38.1 Å². The monoisotopic (exact) mass is 204 g/mol. The molecular weight excluding hydrogens is 184 g/mol. The number of benzene rings is 1. The summed E-state index contributed by atoms with van der Waals surface area (Å²) in [5.41, 5.74) is 2.43. The maximum atomic E-state index is 9.73. The summed E-state index contributed by atoms with van der Waals surface area (Å²) in [5.74, 6) is 0.603. The lowest BCUT2D eigenvalue weighted by atomic mass is 9.99. The van der Waals surface area contributed by atoms with Crippen molar-refractivity contribution < 1.29 is 5.11 Å². The summed E-state index contributed by atoms with van der Waals surface area (Å²) < 4.78 is 0. The van der Waals surface area contributed by atoms with E-state index in [1.54, 1.807) is 0 Å². The largest absolute Gasteiger partial charge is 0.390 e. The van der Waals surface area contributed by atoms with Crippen LogP contribution in [0.15, 0.2) is 24.3 Å². The van der Waals surface area contributed by atoms with Crippen molar-refractivity contribution in [1.29, 1.82) is 0 Å². The van der Waals surface area contributed by atoms with Crippen LogP contribution in [-0.4, -0.2) is 10.7 Å². The van der Waals surface area contributed by atoms with Gasteiger partial charge in [-0.25, -0.2) is 0 Å². The molecule has 82 valence electrons. The Bertz CT molecular complexity index is 320. The Hall–Kier alpha value is -0.820. The molecule has 1 N–H and O–H groups in total. The number of rotatable bonds is 4.